The summed E-state index contributed by atoms with van der Waals surface area (Å²) in [6, 6.07) is 58.5. The maximum absolute atomic E-state index is 6.77. The van der Waals surface area contributed by atoms with Gasteiger partial charge in [0.15, 0.2) is 5.58 Å². The molecule has 0 aliphatic carbocycles. The Morgan fingerprint density at radius 1 is 0.409 bits per heavy atom. The highest BCUT2D eigenvalue weighted by Crippen LogP contribution is 2.49. The molecule has 1 heterocycles. The van der Waals surface area contributed by atoms with E-state index in [1.165, 1.54) is 38.1 Å². The van der Waals surface area contributed by atoms with Gasteiger partial charge in [0, 0.05) is 27.2 Å². The predicted molar refractivity (Wildman–Crippen MR) is 186 cm³/mol. The highest BCUT2D eigenvalue weighted by atomic mass is 16.3. The van der Waals surface area contributed by atoms with Crippen LogP contribution < -0.4 is 4.90 Å². The van der Waals surface area contributed by atoms with Crippen molar-refractivity contribution in [2.24, 2.45) is 0 Å². The normalized spacial score (nSPS) is 11.6. The molecule has 1 aromatic heterocycles. The lowest BCUT2D eigenvalue weighted by atomic mass is 9.95. The molecule has 0 radical (unpaired) electrons. The molecule has 44 heavy (non-hydrogen) atoms. The molecule has 0 fully saturated rings. The number of hydrogen-bond donors (Lipinski definition) is 0. The van der Waals surface area contributed by atoms with Crippen molar-refractivity contribution in [3.8, 4) is 11.1 Å². The van der Waals surface area contributed by atoms with Gasteiger partial charge in [0.25, 0.3) is 0 Å². The minimum Gasteiger partial charge on any atom is -0.454 e. The van der Waals surface area contributed by atoms with Gasteiger partial charge in [0.05, 0.1) is 11.4 Å². The second-order valence-corrected chi connectivity index (χ2v) is 11.3. The Kier molecular flexibility index (Phi) is 5.54. The van der Waals surface area contributed by atoms with E-state index in [1.807, 2.05) is 6.07 Å². The molecule has 0 saturated carbocycles. The van der Waals surface area contributed by atoms with E-state index >= 15 is 0 Å². The van der Waals surface area contributed by atoms with Crippen LogP contribution in [0.4, 0.5) is 17.1 Å². The third kappa shape index (κ3) is 3.82. The first-order valence-corrected chi connectivity index (χ1v) is 15.0. The van der Waals surface area contributed by atoms with Crippen molar-refractivity contribution in [2.45, 2.75) is 0 Å². The van der Waals surface area contributed by atoms with Gasteiger partial charge in [-0.05, 0) is 63.0 Å². The van der Waals surface area contributed by atoms with E-state index in [2.05, 4.69) is 163 Å². The van der Waals surface area contributed by atoms with E-state index in [0.29, 0.717) is 0 Å². The van der Waals surface area contributed by atoms with Crippen LogP contribution in [0.3, 0.4) is 0 Å². The Balaban J connectivity index is 1.43. The number of hydrogen-bond acceptors (Lipinski definition) is 2. The molecule has 0 atom stereocenters. The van der Waals surface area contributed by atoms with Crippen LogP contribution in [0.1, 0.15) is 0 Å². The van der Waals surface area contributed by atoms with Crippen LogP contribution in [0.2, 0.25) is 0 Å². The zero-order valence-electron chi connectivity index (χ0n) is 23.9. The highest BCUT2D eigenvalue weighted by Gasteiger charge is 2.24. The van der Waals surface area contributed by atoms with E-state index in [-0.39, 0.29) is 0 Å². The Bertz CT molecular complexity index is 2510. The molecule has 0 spiro atoms. The van der Waals surface area contributed by atoms with Gasteiger partial charge in [-0.15, -0.1) is 0 Å². The van der Waals surface area contributed by atoms with Crippen LogP contribution in [-0.2, 0) is 0 Å². The molecule has 8 aromatic carbocycles. The lowest BCUT2D eigenvalue weighted by molar-refractivity contribution is 0.669. The monoisotopic (exact) mass is 561 g/mol. The molecular weight excluding hydrogens is 534 g/mol. The van der Waals surface area contributed by atoms with Crippen molar-refractivity contribution >= 4 is 71.3 Å². The molecule has 0 aliphatic rings. The number of furan rings is 1. The predicted octanol–water partition coefficient (Wildman–Crippen LogP) is 12.2. The molecule has 2 heteroatoms. The summed E-state index contributed by atoms with van der Waals surface area (Å²) < 4.78 is 6.77. The van der Waals surface area contributed by atoms with Gasteiger partial charge in [0.2, 0.25) is 0 Å². The molecule has 9 rings (SSSR count). The summed E-state index contributed by atoms with van der Waals surface area (Å²) in [5.74, 6) is 0. The summed E-state index contributed by atoms with van der Waals surface area (Å²) in [6.45, 7) is 0. The molecule has 9 aromatic rings. The molecule has 0 bridgehead atoms. The van der Waals surface area contributed by atoms with Crippen LogP contribution in [0, 0.1) is 0 Å². The fourth-order valence-corrected chi connectivity index (χ4v) is 6.77. The quantitative estimate of drug-likeness (QED) is 0.212. The zero-order valence-corrected chi connectivity index (χ0v) is 23.9. The van der Waals surface area contributed by atoms with Crippen molar-refractivity contribution in [3.63, 3.8) is 0 Å². The summed E-state index contributed by atoms with van der Waals surface area (Å²) in [5, 5.41) is 9.36. The third-order valence-corrected chi connectivity index (χ3v) is 8.81. The third-order valence-electron chi connectivity index (χ3n) is 8.81. The van der Waals surface area contributed by atoms with Crippen LogP contribution in [0.25, 0.3) is 65.4 Å². The van der Waals surface area contributed by atoms with Gasteiger partial charge < -0.3 is 9.32 Å². The van der Waals surface area contributed by atoms with E-state index in [4.69, 9.17) is 4.42 Å². The number of nitrogens with zero attached hydrogens (tertiary/aromatic N) is 1. The lowest BCUT2D eigenvalue weighted by Gasteiger charge is -2.29. The van der Waals surface area contributed by atoms with Crippen LogP contribution >= 0.6 is 0 Å². The fraction of sp³-hybridized carbons (Fsp3) is 0. The number of anilines is 3. The van der Waals surface area contributed by atoms with Crippen molar-refractivity contribution < 1.29 is 4.42 Å². The first-order chi connectivity index (χ1) is 21.8. The van der Waals surface area contributed by atoms with Crippen LogP contribution in [-0.4, -0.2) is 0 Å². The van der Waals surface area contributed by atoms with Gasteiger partial charge in [0.1, 0.15) is 5.58 Å². The van der Waals surface area contributed by atoms with Crippen molar-refractivity contribution in [1.29, 1.82) is 0 Å². The van der Waals surface area contributed by atoms with Gasteiger partial charge in [-0.1, -0.05) is 133 Å². The second kappa shape index (κ2) is 9.86. The van der Waals surface area contributed by atoms with Gasteiger partial charge >= 0.3 is 0 Å². The Morgan fingerprint density at radius 2 is 1.07 bits per heavy atom. The van der Waals surface area contributed by atoms with Crippen molar-refractivity contribution in [1.82, 2.24) is 0 Å². The molecule has 0 unspecified atom stereocenters. The van der Waals surface area contributed by atoms with E-state index < -0.39 is 0 Å². The Hall–Kier alpha value is -5.86. The van der Waals surface area contributed by atoms with E-state index in [1.54, 1.807) is 0 Å². The Morgan fingerprint density at radius 3 is 1.91 bits per heavy atom. The molecule has 2 nitrogen and oxygen atoms in total. The minimum absolute atomic E-state index is 0.884. The average molecular weight is 562 g/mol. The van der Waals surface area contributed by atoms with E-state index in [0.717, 1.165) is 44.4 Å². The van der Waals surface area contributed by atoms with Crippen molar-refractivity contribution in [3.05, 3.63) is 164 Å². The molecule has 0 aliphatic heterocycles. The average Bonchev–Trinajstić information content (AvgIpc) is 3.46. The summed E-state index contributed by atoms with van der Waals surface area (Å²) in [7, 11) is 0. The van der Waals surface area contributed by atoms with Gasteiger partial charge in [-0.2, -0.15) is 0 Å². The molecule has 0 N–H and O–H groups in total. The summed E-state index contributed by atoms with van der Waals surface area (Å²) in [6.07, 6.45) is 0. The lowest BCUT2D eigenvalue weighted by Crippen LogP contribution is -2.11. The smallest absolute Gasteiger partial charge is 0.160 e. The van der Waals surface area contributed by atoms with Crippen molar-refractivity contribution in [2.75, 3.05) is 4.90 Å². The number of benzene rings is 8. The number of fused-ring (bicyclic) bond motifs is 6. The van der Waals surface area contributed by atoms with E-state index in [9.17, 15) is 0 Å². The molecule has 0 saturated heterocycles. The van der Waals surface area contributed by atoms with Crippen LogP contribution in [0.15, 0.2) is 168 Å². The standard InChI is InChI=1S/C42H27NO/c1-2-13-29(14-3-1)33-24-25-39(36-19-9-8-18-35(33)36)43(32-23-22-28-12-4-5-15-30(28)26-32)41-34-17-7-6-16-31(34)27-38-37-20-10-11-21-40(37)44-42(38)41/h1-27H. The first-order valence-electron chi connectivity index (χ1n) is 15.0. The largest absolute Gasteiger partial charge is 0.454 e. The number of para-hydroxylation sites is 1. The molecular formula is C42H27NO. The Labute approximate surface area is 255 Å². The molecule has 206 valence electrons. The van der Waals surface area contributed by atoms with Crippen LogP contribution in [0.5, 0.6) is 0 Å². The fourth-order valence-electron chi connectivity index (χ4n) is 6.77. The number of rotatable bonds is 4. The second-order valence-electron chi connectivity index (χ2n) is 11.3. The maximum Gasteiger partial charge on any atom is 0.160 e. The zero-order chi connectivity index (χ0) is 29.0. The first kappa shape index (κ1) is 24.7. The SMILES string of the molecule is c1ccc(-c2ccc(N(c3ccc4ccccc4c3)c3c4ccccc4cc4c3oc3ccccc34)c3ccccc23)cc1. The minimum atomic E-state index is 0.884. The highest BCUT2D eigenvalue weighted by molar-refractivity contribution is 6.20. The van der Waals surface area contributed by atoms with Gasteiger partial charge in [-0.25, -0.2) is 0 Å². The molecule has 0 amide bonds. The summed E-state index contributed by atoms with van der Waals surface area (Å²) in [5.41, 5.74) is 7.43. The summed E-state index contributed by atoms with van der Waals surface area (Å²) >= 11 is 0. The topological polar surface area (TPSA) is 16.4 Å². The summed E-state index contributed by atoms with van der Waals surface area (Å²) in [4.78, 5) is 2.41. The van der Waals surface area contributed by atoms with Gasteiger partial charge in [-0.3, -0.25) is 0 Å². The maximum atomic E-state index is 6.77.